The van der Waals surface area contributed by atoms with Gasteiger partial charge in [0.15, 0.2) is 0 Å². The van der Waals surface area contributed by atoms with Crippen molar-refractivity contribution in [3.8, 4) is 0 Å². The van der Waals surface area contributed by atoms with E-state index in [2.05, 4.69) is 12.2 Å². The van der Waals surface area contributed by atoms with Crippen molar-refractivity contribution in [3.63, 3.8) is 0 Å². The second kappa shape index (κ2) is 17.5. The second-order valence-corrected chi connectivity index (χ2v) is 5.93. The molecule has 0 saturated heterocycles. The summed E-state index contributed by atoms with van der Waals surface area (Å²) in [5.74, 6) is -3.18. The van der Waals surface area contributed by atoms with Crippen LogP contribution >= 0.6 is 0 Å². The standard InChI is InChI=1S/C17H31NO5.Ca/c1-2-3-4-5-6-7-8-9-10-11-15(19)18-14(17(22)23)12-13-16(20)21;/h14H,2-13H2,1H3,(H,18,19)(H,20,21)(H,22,23);/q;+2/p-2/t14-;/m0./s1. The summed E-state index contributed by atoms with van der Waals surface area (Å²) in [6, 6.07) is -1.26. The molecule has 1 atom stereocenters. The Bertz CT molecular complexity index is 363. The third-order valence-electron chi connectivity index (χ3n) is 3.76. The number of aliphatic carboxylic acids is 2. The normalized spacial score (nSPS) is 11.4. The molecule has 0 rings (SSSR count). The van der Waals surface area contributed by atoms with Crippen molar-refractivity contribution < 1.29 is 24.6 Å². The van der Waals surface area contributed by atoms with E-state index in [1.807, 2.05) is 0 Å². The zero-order valence-corrected chi connectivity index (χ0v) is 17.0. The van der Waals surface area contributed by atoms with E-state index in [0.29, 0.717) is 6.42 Å². The molecule has 6 nitrogen and oxygen atoms in total. The van der Waals surface area contributed by atoms with Gasteiger partial charge < -0.3 is 25.1 Å². The quantitative estimate of drug-likeness (QED) is 0.330. The minimum absolute atomic E-state index is 0. The van der Waals surface area contributed by atoms with Crippen molar-refractivity contribution >= 4 is 55.6 Å². The minimum Gasteiger partial charge on any atom is -0.550 e. The second-order valence-electron chi connectivity index (χ2n) is 5.93. The van der Waals surface area contributed by atoms with Crippen LogP contribution in [0.3, 0.4) is 0 Å². The number of carbonyl (C=O) groups is 3. The molecule has 0 fully saturated rings. The van der Waals surface area contributed by atoms with E-state index < -0.39 is 24.4 Å². The van der Waals surface area contributed by atoms with Gasteiger partial charge in [0.05, 0.1) is 12.0 Å². The van der Waals surface area contributed by atoms with Gasteiger partial charge in [-0.25, -0.2) is 0 Å². The number of rotatable bonds is 15. The Morgan fingerprint density at radius 1 is 0.833 bits per heavy atom. The monoisotopic (exact) mass is 367 g/mol. The van der Waals surface area contributed by atoms with Crippen LogP contribution in [0.5, 0.6) is 0 Å². The first kappa shape index (κ1) is 25.9. The van der Waals surface area contributed by atoms with E-state index in [1.165, 1.54) is 38.5 Å². The number of carbonyl (C=O) groups excluding carboxylic acids is 3. The van der Waals surface area contributed by atoms with Crippen LogP contribution in [0.15, 0.2) is 0 Å². The third kappa shape index (κ3) is 16.5. The molecule has 0 aliphatic heterocycles. The van der Waals surface area contributed by atoms with Crippen molar-refractivity contribution in [2.45, 2.75) is 90.0 Å². The first-order valence-electron chi connectivity index (χ1n) is 8.67. The average molecular weight is 367 g/mol. The van der Waals surface area contributed by atoms with Crippen molar-refractivity contribution in [2.24, 2.45) is 0 Å². The van der Waals surface area contributed by atoms with Crippen LogP contribution in [-0.2, 0) is 14.4 Å². The summed E-state index contributed by atoms with van der Waals surface area (Å²) >= 11 is 0. The topological polar surface area (TPSA) is 109 Å². The molecule has 0 radical (unpaired) electrons. The summed E-state index contributed by atoms with van der Waals surface area (Å²) in [4.78, 5) is 32.8. The molecule has 0 aliphatic rings. The Balaban J connectivity index is 0. The number of amides is 1. The number of hydrogen-bond donors (Lipinski definition) is 1. The fourth-order valence-electron chi connectivity index (χ4n) is 2.37. The number of unbranched alkanes of at least 4 members (excludes halogenated alkanes) is 8. The zero-order chi connectivity index (χ0) is 17.5. The van der Waals surface area contributed by atoms with Crippen molar-refractivity contribution in [3.05, 3.63) is 0 Å². The molecule has 1 N–H and O–H groups in total. The molecule has 0 aromatic heterocycles. The van der Waals surface area contributed by atoms with Crippen LogP contribution in [0.4, 0.5) is 0 Å². The van der Waals surface area contributed by atoms with E-state index in [1.54, 1.807) is 0 Å². The number of nitrogens with one attached hydrogen (secondary N) is 1. The summed E-state index contributed by atoms with van der Waals surface area (Å²) in [7, 11) is 0. The molecule has 24 heavy (non-hydrogen) atoms. The summed E-state index contributed by atoms with van der Waals surface area (Å²) < 4.78 is 0. The molecule has 1 amide bonds. The predicted octanol–water partition coefficient (Wildman–Crippen LogP) is 0.291. The van der Waals surface area contributed by atoms with Crippen LogP contribution in [0.1, 0.15) is 84.0 Å². The molecule has 0 saturated carbocycles. The van der Waals surface area contributed by atoms with Gasteiger partial charge in [-0.3, -0.25) is 4.79 Å². The molecule has 7 heteroatoms. The Hall–Kier alpha value is -0.330. The van der Waals surface area contributed by atoms with Crippen molar-refractivity contribution in [1.82, 2.24) is 5.32 Å². The van der Waals surface area contributed by atoms with Crippen LogP contribution < -0.4 is 15.5 Å². The maximum atomic E-state index is 11.6. The molecule has 0 aromatic rings. The minimum atomic E-state index is -1.47. The molecule has 0 bridgehead atoms. The number of carboxylic acid groups (broad SMARTS) is 2. The summed E-state index contributed by atoms with van der Waals surface area (Å²) in [6.07, 6.45) is 9.82. The van der Waals surface area contributed by atoms with Crippen LogP contribution in [0.25, 0.3) is 0 Å². The Kier molecular flexibility index (Phi) is 18.9. The van der Waals surface area contributed by atoms with E-state index in [4.69, 9.17) is 0 Å². The maximum Gasteiger partial charge on any atom is 2.00 e. The fraction of sp³-hybridized carbons (Fsp3) is 0.824. The molecule has 0 heterocycles. The van der Waals surface area contributed by atoms with Gasteiger partial charge in [-0.2, -0.15) is 0 Å². The average Bonchev–Trinajstić information content (AvgIpc) is 2.49. The van der Waals surface area contributed by atoms with Gasteiger partial charge in [-0.1, -0.05) is 58.3 Å². The molecular formula is C17H29CaNO5. The maximum absolute atomic E-state index is 11.6. The van der Waals surface area contributed by atoms with E-state index in [9.17, 15) is 24.6 Å². The Morgan fingerprint density at radius 2 is 1.33 bits per heavy atom. The van der Waals surface area contributed by atoms with Crippen LogP contribution in [-0.4, -0.2) is 61.6 Å². The van der Waals surface area contributed by atoms with Gasteiger partial charge >= 0.3 is 37.7 Å². The predicted molar refractivity (Wildman–Crippen MR) is 88.8 cm³/mol. The van der Waals surface area contributed by atoms with Crippen LogP contribution in [0, 0.1) is 0 Å². The molecule has 0 aliphatic carbocycles. The van der Waals surface area contributed by atoms with Gasteiger partial charge in [-0.15, -0.1) is 0 Å². The Morgan fingerprint density at radius 3 is 1.79 bits per heavy atom. The Labute approximate surface area is 174 Å². The van der Waals surface area contributed by atoms with Gasteiger partial charge in [0, 0.05) is 12.4 Å². The molecule has 0 unspecified atom stereocenters. The molecular weight excluding hydrogens is 338 g/mol. The summed E-state index contributed by atoms with van der Waals surface area (Å²) in [5.41, 5.74) is 0. The zero-order valence-electron chi connectivity index (χ0n) is 14.8. The molecule has 0 spiro atoms. The fourth-order valence-corrected chi connectivity index (χ4v) is 2.37. The van der Waals surface area contributed by atoms with E-state index >= 15 is 0 Å². The SMILES string of the molecule is CCCCCCCCCCCC(=O)N[C@@H](CCC(=O)[O-])C(=O)[O-].[Ca+2]. The van der Waals surface area contributed by atoms with E-state index in [0.717, 1.165) is 12.8 Å². The van der Waals surface area contributed by atoms with Gasteiger partial charge in [-0.05, 0) is 19.3 Å². The first-order chi connectivity index (χ1) is 11.0. The number of hydrogen-bond acceptors (Lipinski definition) is 5. The smallest absolute Gasteiger partial charge is 0.550 e. The molecule has 134 valence electrons. The van der Waals surface area contributed by atoms with Crippen molar-refractivity contribution in [1.29, 1.82) is 0 Å². The van der Waals surface area contributed by atoms with Gasteiger partial charge in [0.25, 0.3) is 0 Å². The van der Waals surface area contributed by atoms with Crippen molar-refractivity contribution in [2.75, 3.05) is 0 Å². The first-order valence-corrected chi connectivity index (χ1v) is 8.67. The summed E-state index contributed by atoms with van der Waals surface area (Å²) in [6.45, 7) is 2.19. The largest absolute Gasteiger partial charge is 2.00 e. The van der Waals surface area contributed by atoms with Crippen LogP contribution in [0.2, 0.25) is 0 Å². The number of carboxylic acids is 2. The van der Waals surface area contributed by atoms with Gasteiger partial charge in [0.1, 0.15) is 0 Å². The van der Waals surface area contributed by atoms with E-state index in [-0.39, 0.29) is 56.5 Å². The summed E-state index contributed by atoms with van der Waals surface area (Å²) in [5, 5.41) is 23.5. The third-order valence-corrected chi connectivity index (χ3v) is 3.76. The molecule has 0 aromatic carbocycles. The van der Waals surface area contributed by atoms with Gasteiger partial charge in [0.2, 0.25) is 5.91 Å².